The summed E-state index contributed by atoms with van der Waals surface area (Å²) < 4.78 is 4.95. The van der Waals surface area contributed by atoms with Gasteiger partial charge in [-0.1, -0.05) is 43.3 Å². The standard InChI is InChI=1S/C22H29N3O3S/c1-14(2)18-7-5-17(6-8-18)12-25(19-9-10-19)21(26)13-29-16(4)22(27)23-20-11-15(3)28-24-20/h5-8,11,14,16,19H,9-10,12-13H2,1-4H3,(H,23,24,27)/t16-/m1/s1. The molecule has 0 aliphatic heterocycles. The molecule has 0 radical (unpaired) electrons. The highest BCUT2D eigenvalue weighted by Gasteiger charge is 2.32. The van der Waals surface area contributed by atoms with Crippen LogP contribution in [0.4, 0.5) is 5.82 Å². The van der Waals surface area contributed by atoms with Gasteiger partial charge in [0.05, 0.1) is 11.0 Å². The molecule has 1 aromatic heterocycles. The van der Waals surface area contributed by atoms with Crippen molar-refractivity contribution >= 4 is 29.4 Å². The Hall–Kier alpha value is -2.28. The summed E-state index contributed by atoms with van der Waals surface area (Å²) in [7, 11) is 0. The van der Waals surface area contributed by atoms with Crippen molar-refractivity contribution in [2.75, 3.05) is 11.1 Å². The molecule has 1 saturated carbocycles. The molecule has 3 rings (SSSR count). The third-order valence-electron chi connectivity index (χ3n) is 5.01. The maximum atomic E-state index is 12.8. The van der Waals surface area contributed by atoms with Crippen LogP contribution in [-0.2, 0) is 16.1 Å². The molecule has 1 aliphatic carbocycles. The zero-order valence-electron chi connectivity index (χ0n) is 17.5. The molecule has 0 bridgehead atoms. The number of anilines is 1. The Balaban J connectivity index is 1.52. The predicted molar refractivity (Wildman–Crippen MR) is 116 cm³/mol. The number of nitrogens with zero attached hydrogens (tertiary/aromatic N) is 2. The normalized spacial score (nSPS) is 14.7. The molecule has 1 aromatic carbocycles. The van der Waals surface area contributed by atoms with E-state index in [1.54, 1.807) is 19.9 Å². The fourth-order valence-electron chi connectivity index (χ4n) is 3.02. The van der Waals surface area contributed by atoms with E-state index in [0.717, 1.165) is 18.4 Å². The van der Waals surface area contributed by atoms with Crippen LogP contribution in [0, 0.1) is 6.92 Å². The Labute approximate surface area is 176 Å². The zero-order valence-corrected chi connectivity index (χ0v) is 18.3. The third kappa shape index (κ3) is 6.10. The van der Waals surface area contributed by atoms with Gasteiger partial charge in [-0.3, -0.25) is 9.59 Å². The second-order valence-corrected chi connectivity index (χ2v) is 9.24. The van der Waals surface area contributed by atoms with Crippen LogP contribution >= 0.6 is 11.8 Å². The molecule has 1 N–H and O–H groups in total. The van der Waals surface area contributed by atoms with Gasteiger partial charge >= 0.3 is 0 Å². The van der Waals surface area contributed by atoms with Crippen molar-refractivity contribution in [2.45, 2.75) is 64.3 Å². The van der Waals surface area contributed by atoms with E-state index in [2.05, 4.69) is 48.6 Å². The number of rotatable bonds is 9. The molecule has 2 amide bonds. The minimum atomic E-state index is -0.359. The summed E-state index contributed by atoms with van der Waals surface area (Å²) in [6, 6.07) is 10.5. The minimum absolute atomic E-state index is 0.0855. The number of hydrogen-bond acceptors (Lipinski definition) is 5. The summed E-state index contributed by atoms with van der Waals surface area (Å²) in [4.78, 5) is 27.1. The van der Waals surface area contributed by atoms with Crippen LogP contribution in [0.3, 0.4) is 0 Å². The molecule has 29 heavy (non-hydrogen) atoms. The second kappa shape index (κ2) is 9.48. The smallest absolute Gasteiger partial charge is 0.238 e. The summed E-state index contributed by atoms with van der Waals surface area (Å²) in [5, 5.41) is 6.12. The van der Waals surface area contributed by atoms with Crippen molar-refractivity contribution in [1.29, 1.82) is 0 Å². The van der Waals surface area contributed by atoms with Crippen LogP contribution in [-0.4, -0.2) is 38.9 Å². The van der Waals surface area contributed by atoms with Gasteiger partial charge in [-0.05, 0) is 43.7 Å². The lowest BCUT2D eigenvalue weighted by Gasteiger charge is -2.23. The molecule has 6 nitrogen and oxygen atoms in total. The maximum absolute atomic E-state index is 12.8. The number of thioether (sulfide) groups is 1. The van der Waals surface area contributed by atoms with Gasteiger partial charge < -0.3 is 14.7 Å². The van der Waals surface area contributed by atoms with E-state index in [1.165, 1.54) is 17.3 Å². The van der Waals surface area contributed by atoms with E-state index < -0.39 is 0 Å². The van der Waals surface area contributed by atoms with Gasteiger partial charge in [0.15, 0.2) is 5.82 Å². The van der Waals surface area contributed by atoms with Gasteiger partial charge in [0.25, 0.3) is 0 Å². The molecule has 1 heterocycles. The summed E-state index contributed by atoms with van der Waals surface area (Å²) in [6.45, 7) is 8.54. The first-order chi connectivity index (χ1) is 13.8. The number of benzene rings is 1. The molecule has 7 heteroatoms. The van der Waals surface area contributed by atoms with E-state index in [9.17, 15) is 9.59 Å². The van der Waals surface area contributed by atoms with E-state index in [-0.39, 0.29) is 22.8 Å². The van der Waals surface area contributed by atoms with Crippen molar-refractivity contribution < 1.29 is 14.1 Å². The van der Waals surface area contributed by atoms with Crippen LogP contribution in [0.5, 0.6) is 0 Å². The number of aryl methyl sites for hydroxylation is 1. The average Bonchev–Trinajstić information content (AvgIpc) is 3.46. The number of hydrogen-bond donors (Lipinski definition) is 1. The number of aromatic nitrogens is 1. The largest absolute Gasteiger partial charge is 0.360 e. The summed E-state index contributed by atoms with van der Waals surface area (Å²) in [5.74, 6) is 1.72. The number of carbonyl (C=O) groups is 2. The lowest BCUT2D eigenvalue weighted by atomic mass is 10.0. The minimum Gasteiger partial charge on any atom is -0.360 e. The third-order valence-corrected chi connectivity index (χ3v) is 6.14. The van der Waals surface area contributed by atoms with E-state index >= 15 is 0 Å². The molecule has 1 atom stereocenters. The molecule has 1 aliphatic rings. The van der Waals surface area contributed by atoms with Gasteiger partial charge in [-0.15, -0.1) is 11.8 Å². The summed E-state index contributed by atoms with van der Waals surface area (Å²) in [5.41, 5.74) is 2.45. The highest BCUT2D eigenvalue weighted by atomic mass is 32.2. The average molecular weight is 416 g/mol. The first kappa shape index (κ1) is 21.4. The van der Waals surface area contributed by atoms with Crippen LogP contribution in [0.1, 0.15) is 56.4 Å². The Morgan fingerprint density at radius 1 is 1.24 bits per heavy atom. The fourth-order valence-corrected chi connectivity index (χ4v) is 3.79. The first-order valence-corrected chi connectivity index (χ1v) is 11.1. The van der Waals surface area contributed by atoms with E-state index in [4.69, 9.17) is 4.52 Å². The van der Waals surface area contributed by atoms with Gasteiger partial charge in [-0.25, -0.2) is 0 Å². The maximum Gasteiger partial charge on any atom is 0.238 e. The van der Waals surface area contributed by atoms with Gasteiger partial charge in [0.2, 0.25) is 11.8 Å². The van der Waals surface area contributed by atoms with Gasteiger partial charge in [0, 0.05) is 18.7 Å². The van der Waals surface area contributed by atoms with Gasteiger partial charge in [-0.2, -0.15) is 0 Å². The Kier molecular flexibility index (Phi) is 7.00. The molecule has 0 spiro atoms. The number of nitrogens with one attached hydrogen (secondary N) is 1. The van der Waals surface area contributed by atoms with Crippen molar-refractivity contribution in [3.63, 3.8) is 0 Å². The quantitative estimate of drug-likeness (QED) is 0.659. The monoisotopic (exact) mass is 415 g/mol. The molecule has 0 saturated heterocycles. The lowest BCUT2D eigenvalue weighted by molar-refractivity contribution is -0.129. The molecular weight excluding hydrogens is 386 g/mol. The second-order valence-electron chi connectivity index (χ2n) is 7.91. The van der Waals surface area contributed by atoms with Crippen molar-refractivity contribution in [3.8, 4) is 0 Å². The highest BCUT2D eigenvalue weighted by Crippen LogP contribution is 2.30. The van der Waals surface area contributed by atoms with Crippen molar-refractivity contribution in [2.24, 2.45) is 0 Å². The molecule has 1 fully saturated rings. The fraction of sp³-hybridized carbons (Fsp3) is 0.500. The predicted octanol–water partition coefficient (Wildman–Crippen LogP) is 4.36. The Morgan fingerprint density at radius 2 is 1.93 bits per heavy atom. The topological polar surface area (TPSA) is 75.4 Å². The van der Waals surface area contributed by atoms with E-state index in [0.29, 0.717) is 30.1 Å². The highest BCUT2D eigenvalue weighted by molar-refractivity contribution is 8.01. The Bertz CT molecular complexity index is 843. The SMILES string of the molecule is Cc1cc(NC(=O)[C@@H](C)SCC(=O)N(Cc2ccc(C(C)C)cc2)C2CC2)no1. The van der Waals surface area contributed by atoms with Crippen LogP contribution in [0.25, 0.3) is 0 Å². The van der Waals surface area contributed by atoms with E-state index in [1.807, 2.05) is 4.90 Å². The van der Waals surface area contributed by atoms with Gasteiger partial charge in [0.1, 0.15) is 5.76 Å². The van der Waals surface area contributed by atoms with Crippen LogP contribution in [0.2, 0.25) is 0 Å². The van der Waals surface area contributed by atoms with Crippen molar-refractivity contribution in [3.05, 3.63) is 47.2 Å². The molecular formula is C22H29N3O3S. The number of amides is 2. The van der Waals surface area contributed by atoms with Crippen LogP contribution < -0.4 is 5.32 Å². The summed E-state index contributed by atoms with van der Waals surface area (Å²) in [6.07, 6.45) is 2.12. The van der Waals surface area contributed by atoms with Crippen molar-refractivity contribution in [1.82, 2.24) is 10.1 Å². The molecule has 156 valence electrons. The zero-order chi connectivity index (χ0) is 21.0. The van der Waals surface area contributed by atoms with Crippen LogP contribution in [0.15, 0.2) is 34.9 Å². The lowest BCUT2D eigenvalue weighted by Crippen LogP contribution is -2.35. The summed E-state index contributed by atoms with van der Waals surface area (Å²) >= 11 is 1.35. The molecule has 0 unspecified atom stereocenters. The molecule has 2 aromatic rings. The Morgan fingerprint density at radius 3 is 2.48 bits per heavy atom. The number of carbonyl (C=O) groups excluding carboxylic acids is 2. The first-order valence-electron chi connectivity index (χ1n) is 10.1.